The van der Waals surface area contributed by atoms with E-state index < -0.39 is 28.9 Å². The normalized spacial score (nSPS) is 13.8. The summed E-state index contributed by atoms with van der Waals surface area (Å²) in [6.07, 6.45) is 0.513. The Morgan fingerprint density at radius 1 is 0.625 bits per heavy atom. The first-order chi connectivity index (χ1) is 10.6. The van der Waals surface area contributed by atoms with E-state index in [4.69, 9.17) is 29.0 Å². The topological polar surface area (TPSA) is 72.5 Å². The minimum atomic E-state index is -1.32. The summed E-state index contributed by atoms with van der Waals surface area (Å²) < 4.78 is 10.3. The lowest BCUT2D eigenvalue weighted by Crippen LogP contribution is -2.40. The first-order valence-electron chi connectivity index (χ1n) is 8.29. The van der Waals surface area contributed by atoms with E-state index in [1.807, 2.05) is 41.5 Å². The van der Waals surface area contributed by atoms with Gasteiger partial charge in [0.25, 0.3) is 0 Å². The van der Waals surface area contributed by atoms with Crippen molar-refractivity contribution in [3.05, 3.63) is 0 Å². The second-order valence-corrected chi connectivity index (χ2v) is 7.81. The second-order valence-electron chi connectivity index (χ2n) is 7.81. The van der Waals surface area contributed by atoms with Crippen LogP contribution in [0.25, 0.3) is 0 Å². The Bertz CT molecular complexity index is 364. The largest absolute Gasteiger partial charge is 0.513 e. The van der Waals surface area contributed by atoms with E-state index in [-0.39, 0.29) is 0 Å². The first-order valence-corrected chi connectivity index (χ1v) is 8.29. The fourth-order valence-electron chi connectivity index (χ4n) is 1.00. The molecule has 0 spiro atoms. The summed E-state index contributed by atoms with van der Waals surface area (Å²) in [6.45, 7) is 17.6. The van der Waals surface area contributed by atoms with Crippen molar-refractivity contribution < 1.29 is 33.8 Å². The Morgan fingerprint density at radius 3 is 1.17 bits per heavy atom. The third-order valence-electron chi connectivity index (χ3n) is 3.30. The summed E-state index contributed by atoms with van der Waals surface area (Å²) in [6, 6.07) is 0. The number of rotatable bonds is 10. The van der Waals surface area contributed by atoms with Gasteiger partial charge in [0.2, 0.25) is 11.6 Å². The van der Waals surface area contributed by atoms with E-state index in [9.17, 15) is 4.79 Å². The van der Waals surface area contributed by atoms with Gasteiger partial charge in [-0.1, -0.05) is 13.8 Å². The first kappa shape index (κ1) is 23.1. The Labute approximate surface area is 145 Å². The van der Waals surface area contributed by atoms with Crippen molar-refractivity contribution in [1.82, 2.24) is 0 Å². The van der Waals surface area contributed by atoms with Crippen molar-refractivity contribution in [2.24, 2.45) is 0 Å². The van der Waals surface area contributed by atoms with Gasteiger partial charge >= 0.3 is 6.16 Å². The molecular formula is C17H34O7. The Morgan fingerprint density at radius 2 is 0.917 bits per heavy atom. The molecule has 0 N–H and O–H groups in total. The summed E-state index contributed by atoms with van der Waals surface area (Å²) >= 11 is 0. The van der Waals surface area contributed by atoms with Crippen LogP contribution in [0.2, 0.25) is 0 Å². The minimum absolute atomic E-state index is 0.494. The van der Waals surface area contributed by atoms with Crippen molar-refractivity contribution in [3.8, 4) is 0 Å². The third kappa shape index (κ3) is 10.1. The highest BCUT2D eigenvalue weighted by atomic mass is 17.3. The van der Waals surface area contributed by atoms with Crippen LogP contribution in [0.3, 0.4) is 0 Å². The maximum atomic E-state index is 11.9. The molecule has 7 heteroatoms. The van der Waals surface area contributed by atoms with Gasteiger partial charge in [-0.15, -0.1) is 0 Å². The Balaban J connectivity index is 4.49. The summed E-state index contributed by atoms with van der Waals surface area (Å²) in [7, 11) is 0. The van der Waals surface area contributed by atoms with E-state index in [1.165, 1.54) is 0 Å². The molecule has 0 radical (unpaired) electrons. The lowest BCUT2D eigenvalue weighted by molar-refractivity contribution is -0.457. The van der Waals surface area contributed by atoms with Crippen LogP contribution in [0.1, 0.15) is 82.1 Å². The van der Waals surface area contributed by atoms with Crippen LogP contribution in [0.4, 0.5) is 4.79 Å². The van der Waals surface area contributed by atoms with Crippen LogP contribution in [-0.2, 0) is 29.0 Å². The van der Waals surface area contributed by atoms with Crippen LogP contribution in [0.15, 0.2) is 0 Å². The van der Waals surface area contributed by atoms with E-state index >= 15 is 0 Å². The molecule has 0 amide bonds. The van der Waals surface area contributed by atoms with Crippen LogP contribution in [-0.4, -0.2) is 28.9 Å². The van der Waals surface area contributed by atoms with Gasteiger partial charge in [-0.3, -0.25) is 0 Å². The van der Waals surface area contributed by atoms with Gasteiger partial charge in [0.05, 0.1) is 11.2 Å². The zero-order valence-electron chi connectivity index (χ0n) is 16.8. The molecule has 0 heterocycles. The summed E-state index contributed by atoms with van der Waals surface area (Å²) in [5.74, 6) is -2.63. The van der Waals surface area contributed by atoms with Crippen LogP contribution < -0.4 is 0 Å². The average Bonchev–Trinajstić information content (AvgIpc) is 2.42. The number of hydrogen-bond donors (Lipinski definition) is 0. The quantitative estimate of drug-likeness (QED) is 0.240. The molecule has 0 saturated carbocycles. The van der Waals surface area contributed by atoms with Gasteiger partial charge in [0.1, 0.15) is 0 Å². The molecule has 0 aromatic rings. The number of hydrogen-bond acceptors (Lipinski definition) is 7. The second kappa shape index (κ2) is 8.47. The van der Waals surface area contributed by atoms with Crippen molar-refractivity contribution in [3.63, 3.8) is 0 Å². The molecule has 24 heavy (non-hydrogen) atoms. The highest BCUT2D eigenvalue weighted by Crippen LogP contribution is 2.24. The van der Waals surface area contributed by atoms with E-state index in [0.29, 0.717) is 0 Å². The van der Waals surface area contributed by atoms with Crippen molar-refractivity contribution in [1.29, 1.82) is 0 Å². The predicted octanol–water partition coefficient (Wildman–Crippen LogP) is 4.89. The Kier molecular flexibility index (Phi) is 8.15. The molecule has 0 aliphatic heterocycles. The molecule has 7 nitrogen and oxygen atoms in total. The molecule has 0 aliphatic rings. The number of carbonyl (C=O) groups is 1. The molecule has 0 unspecified atom stereocenters. The summed E-state index contributed by atoms with van der Waals surface area (Å²) in [5.41, 5.74) is -0.987. The SMILES string of the molecule is CCC(C)(C)OOC(C)(C)OC(=O)OC(C)(C)OOC(C)(C)CC. The summed E-state index contributed by atoms with van der Waals surface area (Å²) in [4.78, 5) is 32.9. The lowest BCUT2D eigenvalue weighted by atomic mass is 10.1. The molecule has 0 aliphatic carbocycles. The fraction of sp³-hybridized carbons (Fsp3) is 0.941. The predicted molar refractivity (Wildman–Crippen MR) is 88.8 cm³/mol. The molecule has 0 fully saturated rings. The lowest BCUT2D eigenvalue weighted by Gasteiger charge is -2.32. The van der Waals surface area contributed by atoms with Gasteiger partial charge < -0.3 is 9.47 Å². The summed E-state index contributed by atoms with van der Waals surface area (Å²) in [5, 5.41) is 0. The number of ether oxygens (including phenoxy) is 2. The van der Waals surface area contributed by atoms with Crippen LogP contribution >= 0.6 is 0 Å². The maximum absolute atomic E-state index is 11.9. The molecule has 0 saturated heterocycles. The molecule has 0 atom stereocenters. The average molecular weight is 350 g/mol. The number of carbonyl (C=O) groups excluding carboxylic acids is 1. The van der Waals surface area contributed by atoms with Gasteiger partial charge in [-0.05, 0) is 40.5 Å². The molecule has 0 aromatic carbocycles. The van der Waals surface area contributed by atoms with Crippen LogP contribution in [0.5, 0.6) is 0 Å². The van der Waals surface area contributed by atoms with Crippen molar-refractivity contribution in [2.75, 3.05) is 0 Å². The smallest absolute Gasteiger partial charge is 0.399 e. The molecule has 144 valence electrons. The van der Waals surface area contributed by atoms with Gasteiger partial charge in [0.15, 0.2) is 0 Å². The Hall–Kier alpha value is -0.890. The van der Waals surface area contributed by atoms with Crippen LogP contribution in [0, 0.1) is 0 Å². The fourth-order valence-corrected chi connectivity index (χ4v) is 1.00. The minimum Gasteiger partial charge on any atom is -0.399 e. The zero-order chi connectivity index (χ0) is 19.2. The van der Waals surface area contributed by atoms with Gasteiger partial charge in [-0.2, -0.15) is 9.78 Å². The highest BCUT2D eigenvalue weighted by Gasteiger charge is 2.34. The van der Waals surface area contributed by atoms with Gasteiger partial charge in [0, 0.05) is 27.7 Å². The monoisotopic (exact) mass is 350 g/mol. The molecule has 0 bridgehead atoms. The van der Waals surface area contributed by atoms with Crippen molar-refractivity contribution in [2.45, 2.75) is 105 Å². The molecule has 0 aromatic heterocycles. The van der Waals surface area contributed by atoms with Gasteiger partial charge in [-0.25, -0.2) is 14.6 Å². The standard InChI is InChI=1S/C17H34O7/c1-11-14(3,4)21-23-16(7,8)19-13(18)20-17(9,10)24-22-15(5,6)12-2/h11-12H2,1-10H3. The third-order valence-corrected chi connectivity index (χ3v) is 3.30. The van der Waals surface area contributed by atoms with Crippen molar-refractivity contribution >= 4 is 6.16 Å². The highest BCUT2D eigenvalue weighted by molar-refractivity contribution is 5.60. The zero-order valence-corrected chi connectivity index (χ0v) is 16.8. The van der Waals surface area contributed by atoms with E-state index in [1.54, 1.807) is 27.7 Å². The van der Waals surface area contributed by atoms with E-state index in [2.05, 4.69) is 0 Å². The molecule has 0 rings (SSSR count). The van der Waals surface area contributed by atoms with E-state index in [0.717, 1.165) is 12.8 Å². The molecular weight excluding hydrogens is 316 g/mol. The maximum Gasteiger partial charge on any atom is 0.513 e.